The predicted molar refractivity (Wildman–Crippen MR) is 81.7 cm³/mol. The topological polar surface area (TPSA) is 75.4 Å². The predicted octanol–water partition coefficient (Wildman–Crippen LogP) is 1.86. The maximum atomic E-state index is 12.3. The molecule has 0 radical (unpaired) electrons. The zero-order valence-electron chi connectivity index (χ0n) is 11.8. The van der Waals surface area contributed by atoms with Gasteiger partial charge in [0.1, 0.15) is 0 Å². The maximum absolute atomic E-state index is 12.3. The summed E-state index contributed by atoms with van der Waals surface area (Å²) in [7, 11) is 0. The molecule has 5 atom stereocenters. The van der Waals surface area contributed by atoms with Gasteiger partial charge in [0.15, 0.2) is 0 Å². The molecule has 0 spiro atoms. The highest BCUT2D eigenvalue weighted by atomic mass is 35.5. The van der Waals surface area contributed by atoms with Crippen molar-refractivity contribution in [3.8, 4) is 0 Å². The monoisotopic (exact) mass is 308 g/mol. The molecule has 2 saturated carbocycles. The Labute approximate surface area is 129 Å². The average Bonchev–Trinajstić information content (AvgIpc) is 3.06. The van der Waals surface area contributed by atoms with Crippen LogP contribution in [0.3, 0.4) is 0 Å². The van der Waals surface area contributed by atoms with Crippen LogP contribution in [-0.2, 0) is 4.79 Å². The Bertz CT molecular complexity index is 518. The van der Waals surface area contributed by atoms with E-state index in [9.17, 15) is 9.90 Å². The molecule has 2 bridgehead atoms. The van der Waals surface area contributed by atoms with Gasteiger partial charge in [-0.2, -0.15) is 0 Å². The minimum Gasteiger partial charge on any atom is -0.387 e. The molecule has 4 nitrogen and oxygen atoms in total. The fourth-order valence-corrected chi connectivity index (χ4v) is 3.97. The summed E-state index contributed by atoms with van der Waals surface area (Å²) in [6.45, 7) is 0.209. The third-order valence-corrected chi connectivity index (χ3v) is 5.26. The average molecular weight is 309 g/mol. The quantitative estimate of drug-likeness (QED) is 0.795. The van der Waals surface area contributed by atoms with Crippen molar-refractivity contribution in [1.82, 2.24) is 5.32 Å². The molecule has 1 aromatic carbocycles. The summed E-state index contributed by atoms with van der Waals surface area (Å²) in [6, 6.07) is 6.98. The van der Waals surface area contributed by atoms with Gasteiger partial charge < -0.3 is 16.2 Å². The summed E-state index contributed by atoms with van der Waals surface area (Å²) in [4.78, 5) is 12.3. The van der Waals surface area contributed by atoms with Gasteiger partial charge in [-0.3, -0.25) is 4.79 Å². The van der Waals surface area contributed by atoms with Crippen LogP contribution in [0.15, 0.2) is 24.3 Å². The summed E-state index contributed by atoms with van der Waals surface area (Å²) in [5.41, 5.74) is 6.91. The van der Waals surface area contributed by atoms with Crippen molar-refractivity contribution < 1.29 is 9.90 Å². The number of hydrogen-bond acceptors (Lipinski definition) is 3. The largest absolute Gasteiger partial charge is 0.387 e. The Hall–Kier alpha value is -1.10. The van der Waals surface area contributed by atoms with Crippen molar-refractivity contribution in [2.75, 3.05) is 6.54 Å². The van der Waals surface area contributed by atoms with Crippen LogP contribution >= 0.6 is 11.6 Å². The van der Waals surface area contributed by atoms with Crippen molar-refractivity contribution in [3.05, 3.63) is 34.9 Å². The van der Waals surface area contributed by atoms with Crippen molar-refractivity contribution in [2.24, 2.45) is 23.5 Å². The Morgan fingerprint density at radius 2 is 2.00 bits per heavy atom. The molecule has 5 unspecified atom stereocenters. The number of carbonyl (C=O) groups is 1. The van der Waals surface area contributed by atoms with Crippen molar-refractivity contribution >= 4 is 17.5 Å². The first-order chi connectivity index (χ1) is 10.1. The number of aliphatic hydroxyl groups is 1. The Balaban J connectivity index is 1.55. The van der Waals surface area contributed by atoms with E-state index in [1.807, 2.05) is 0 Å². The zero-order valence-corrected chi connectivity index (χ0v) is 12.6. The summed E-state index contributed by atoms with van der Waals surface area (Å²) in [5.74, 6) is 0.841. The Kier molecular flexibility index (Phi) is 4.20. The van der Waals surface area contributed by atoms with Gasteiger partial charge in [0.05, 0.1) is 12.0 Å². The number of nitrogens with one attached hydrogen (secondary N) is 1. The highest BCUT2D eigenvalue weighted by molar-refractivity contribution is 6.30. The van der Waals surface area contributed by atoms with E-state index in [1.165, 1.54) is 0 Å². The second kappa shape index (κ2) is 5.95. The molecule has 0 heterocycles. The van der Waals surface area contributed by atoms with Crippen LogP contribution in [0, 0.1) is 17.8 Å². The molecular weight excluding hydrogens is 288 g/mol. The SMILES string of the molecule is NC1C2CCC(C2)C1C(=O)NCC(O)c1ccc(Cl)cc1. The van der Waals surface area contributed by atoms with Gasteiger partial charge in [0, 0.05) is 17.6 Å². The summed E-state index contributed by atoms with van der Waals surface area (Å²) in [6.07, 6.45) is 2.62. The molecule has 21 heavy (non-hydrogen) atoms. The highest BCUT2D eigenvalue weighted by Crippen LogP contribution is 2.47. The number of benzene rings is 1. The van der Waals surface area contributed by atoms with Crippen LogP contribution in [0.1, 0.15) is 30.9 Å². The van der Waals surface area contributed by atoms with Crippen LogP contribution in [0.25, 0.3) is 0 Å². The number of hydrogen-bond donors (Lipinski definition) is 3. The Morgan fingerprint density at radius 1 is 1.33 bits per heavy atom. The van der Waals surface area contributed by atoms with Crippen LogP contribution in [0.4, 0.5) is 0 Å². The summed E-state index contributed by atoms with van der Waals surface area (Å²) < 4.78 is 0. The standard InChI is InChI=1S/C16H21ClN2O2/c17-12-5-3-9(4-6-12)13(20)8-19-16(21)14-10-1-2-11(7-10)15(14)18/h3-6,10-11,13-15,20H,1-2,7-8,18H2,(H,19,21). The van der Waals surface area contributed by atoms with Crippen LogP contribution in [-0.4, -0.2) is 23.6 Å². The highest BCUT2D eigenvalue weighted by Gasteiger charge is 2.48. The minimum absolute atomic E-state index is 0.0114. The molecule has 0 saturated heterocycles. The van der Waals surface area contributed by atoms with Crippen molar-refractivity contribution in [2.45, 2.75) is 31.4 Å². The first-order valence-corrected chi connectivity index (χ1v) is 7.91. The number of fused-ring (bicyclic) bond motifs is 2. The fraction of sp³-hybridized carbons (Fsp3) is 0.562. The lowest BCUT2D eigenvalue weighted by molar-refractivity contribution is -0.127. The molecule has 3 rings (SSSR count). The number of rotatable bonds is 4. The second-order valence-electron chi connectivity index (χ2n) is 6.25. The van der Waals surface area contributed by atoms with E-state index in [0.29, 0.717) is 16.9 Å². The lowest BCUT2D eigenvalue weighted by Gasteiger charge is -2.27. The number of nitrogens with two attached hydrogens (primary N) is 1. The molecule has 2 aliphatic carbocycles. The second-order valence-corrected chi connectivity index (χ2v) is 6.69. The van der Waals surface area contributed by atoms with E-state index < -0.39 is 6.10 Å². The molecule has 1 amide bonds. The van der Waals surface area contributed by atoms with Gasteiger partial charge >= 0.3 is 0 Å². The molecular formula is C16H21ClN2O2. The van der Waals surface area contributed by atoms with Gasteiger partial charge in [-0.15, -0.1) is 0 Å². The molecule has 114 valence electrons. The van der Waals surface area contributed by atoms with Crippen LogP contribution < -0.4 is 11.1 Å². The molecule has 4 N–H and O–H groups in total. The van der Waals surface area contributed by atoms with E-state index in [-0.39, 0.29) is 24.4 Å². The lowest BCUT2D eigenvalue weighted by atomic mass is 9.84. The molecule has 1 aromatic rings. The maximum Gasteiger partial charge on any atom is 0.225 e. The normalized spacial score (nSPS) is 32.1. The van der Waals surface area contributed by atoms with Crippen molar-refractivity contribution in [3.63, 3.8) is 0 Å². The van der Waals surface area contributed by atoms with E-state index in [4.69, 9.17) is 17.3 Å². The minimum atomic E-state index is -0.721. The summed E-state index contributed by atoms with van der Waals surface area (Å²) >= 11 is 5.82. The van der Waals surface area contributed by atoms with E-state index >= 15 is 0 Å². The van der Waals surface area contributed by atoms with E-state index in [1.54, 1.807) is 24.3 Å². The smallest absolute Gasteiger partial charge is 0.225 e. The third kappa shape index (κ3) is 2.93. The van der Waals surface area contributed by atoms with E-state index in [0.717, 1.165) is 24.8 Å². The number of amides is 1. The zero-order chi connectivity index (χ0) is 15.0. The first kappa shape index (κ1) is 14.8. The number of halogens is 1. The van der Waals surface area contributed by atoms with Crippen LogP contribution in [0.5, 0.6) is 0 Å². The van der Waals surface area contributed by atoms with Gasteiger partial charge in [-0.1, -0.05) is 23.7 Å². The molecule has 2 fully saturated rings. The summed E-state index contributed by atoms with van der Waals surface area (Å²) in [5, 5.41) is 13.6. The molecule has 5 heteroatoms. The first-order valence-electron chi connectivity index (χ1n) is 7.53. The lowest BCUT2D eigenvalue weighted by Crippen LogP contribution is -2.46. The fourth-order valence-electron chi connectivity index (χ4n) is 3.84. The number of aliphatic hydroxyl groups excluding tert-OH is 1. The molecule has 0 aromatic heterocycles. The molecule has 0 aliphatic heterocycles. The molecule has 2 aliphatic rings. The van der Waals surface area contributed by atoms with Gasteiger partial charge in [0.2, 0.25) is 5.91 Å². The van der Waals surface area contributed by atoms with Gasteiger partial charge in [0.25, 0.3) is 0 Å². The van der Waals surface area contributed by atoms with Crippen molar-refractivity contribution in [1.29, 1.82) is 0 Å². The number of carbonyl (C=O) groups excluding carboxylic acids is 1. The van der Waals surface area contributed by atoms with Gasteiger partial charge in [-0.05, 0) is 48.8 Å². The van der Waals surface area contributed by atoms with E-state index in [2.05, 4.69) is 5.32 Å². The van der Waals surface area contributed by atoms with Crippen LogP contribution in [0.2, 0.25) is 5.02 Å². The third-order valence-electron chi connectivity index (χ3n) is 5.01. The van der Waals surface area contributed by atoms with Gasteiger partial charge in [-0.25, -0.2) is 0 Å². The Morgan fingerprint density at radius 3 is 2.62 bits per heavy atom.